The Bertz CT molecular complexity index is 319. The van der Waals surface area contributed by atoms with Crippen LogP contribution < -0.4 is 4.74 Å². The van der Waals surface area contributed by atoms with Crippen LogP contribution in [0.25, 0.3) is 0 Å². The fraction of sp³-hybridized carbons (Fsp3) is 0.333. The Morgan fingerprint density at radius 1 is 1.29 bits per heavy atom. The fourth-order valence-electron chi connectivity index (χ4n) is 1.05. The van der Waals surface area contributed by atoms with Gasteiger partial charge < -0.3 is 4.74 Å². The molecule has 0 aliphatic carbocycles. The largest absolute Gasteiger partial charge is 0.462 e. The number of hydrogen-bond donors (Lipinski definition) is 0. The van der Waals surface area contributed by atoms with Crippen LogP contribution in [0.3, 0.4) is 0 Å². The van der Waals surface area contributed by atoms with E-state index in [4.69, 9.17) is 0 Å². The Balaban J connectivity index is 3.16. The lowest BCUT2D eigenvalue weighted by Gasteiger charge is -2.12. The minimum atomic E-state index is -4.52. The van der Waals surface area contributed by atoms with Crippen LogP contribution in [0.15, 0.2) is 18.2 Å². The summed E-state index contributed by atoms with van der Waals surface area (Å²) < 4.78 is 53.0. The van der Waals surface area contributed by atoms with Crippen molar-refractivity contribution in [2.75, 3.05) is 6.86 Å². The van der Waals surface area contributed by atoms with Crippen molar-refractivity contribution in [1.82, 2.24) is 0 Å². The van der Waals surface area contributed by atoms with Gasteiger partial charge in [-0.05, 0) is 19.1 Å². The summed E-state index contributed by atoms with van der Waals surface area (Å²) in [5.74, 6) is -0.481. The van der Waals surface area contributed by atoms with Crippen molar-refractivity contribution in [3.8, 4) is 5.75 Å². The van der Waals surface area contributed by atoms with E-state index in [1.54, 1.807) is 0 Å². The van der Waals surface area contributed by atoms with E-state index in [0.717, 1.165) is 12.1 Å². The molecule has 1 nitrogen and oxygen atoms in total. The zero-order valence-corrected chi connectivity index (χ0v) is 7.36. The van der Waals surface area contributed by atoms with Crippen molar-refractivity contribution in [1.29, 1.82) is 0 Å². The molecule has 0 N–H and O–H groups in total. The Morgan fingerprint density at radius 2 is 1.93 bits per heavy atom. The van der Waals surface area contributed by atoms with Crippen LogP contribution in [0, 0.1) is 6.92 Å². The molecule has 1 aromatic rings. The van der Waals surface area contributed by atoms with Crippen LogP contribution >= 0.6 is 0 Å². The molecule has 0 aliphatic heterocycles. The second kappa shape index (κ2) is 3.86. The van der Waals surface area contributed by atoms with Gasteiger partial charge in [0.1, 0.15) is 5.75 Å². The van der Waals surface area contributed by atoms with E-state index < -0.39 is 24.3 Å². The first-order valence-corrected chi connectivity index (χ1v) is 3.82. The lowest BCUT2D eigenvalue weighted by atomic mass is 10.1. The third-order valence-electron chi connectivity index (χ3n) is 1.65. The maximum absolute atomic E-state index is 12.3. The van der Waals surface area contributed by atoms with E-state index in [2.05, 4.69) is 4.74 Å². The van der Waals surface area contributed by atoms with Crippen LogP contribution in [0.1, 0.15) is 11.1 Å². The first-order chi connectivity index (χ1) is 6.45. The molecule has 0 amide bonds. The maximum Gasteiger partial charge on any atom is 0.419 e. The van der Waals surface area contributed by atoms with Gasteiger partial charge in [-0.3, -0.25) is 0 Å². The van der Waals surface area contributed by atoms with Crippen LogP contribution in [0.5, 0.6) is 5.75 Å². The molecule has 0 saturated heterocycles. The number of rotatable bonds is 2. The summed E-state index contributed by atoms with van der Waals surface area (Å²) >= 11 is 0. The maximum atomic E-state index is 12.3. The zero-order chi connectivity index (χ0) is 10.8. The van der Waals surface area contributed by atoms with Crippen molar-refractivity contribution in [3.05, 3.63) is 29.3 Å². The third kappa shape index (κ3) is 2.37. The molecule has 14 heavy (non-hydrogen) atoms. The van der Waals surface area contributed by atoms with Gasteiger partial charge in [-0.25, -0.2) is 4.39 Å². The third-order valence-corrected chi connectivity index (χ3v) is 1.65. The number of alkyl halides is 4. The average molecular weight is 208 g/mol. The predicted octanol–water partition coefficient (Wildman–Crippen LogP) is 3.32. The molecule has 0 unspecified atom stereocenters. The Morgan fingerprint density at radius 3 is 2.43 bits per heavy atom. The van der Waals surface area contributed by atoms with Crippen molar-refractivity contribution >= 4 is 0 Å². The van der Waals surface area contributed by atoms with E-state index >= 15 is 0 Å². The quantitative estimate of drug-likeness (QED) is 0.677. The number of benzene rings is 1. The SMILES string of the molecule is Cc1ccc(OCF)c(C(F)(F)F)c1. The highest BCUT2D eigenvalue weighted by Crippen LogP contribution is 2.36. The molecule has 78 valence electrons. The smallest absolute Gasteiger partial charge is 0.419 e. The lowest BCUT2D eigenvalue weighted by molar-refractivity contribution is -0.139. The van der Waals surface area contributed by atoms with Crippen LogP contribution in [0.4, 0.5) is 17.6 Å². The summed E-state index contributed by atoms with van der Waals surface area (Å²) in [7, 11) is 0. The van der Waals surface area contributed by atoms with Gasteiger partial charge >= 0.3 is 6.18 Å². The minimum absolute atomic E-state index is 0.448. The summed E-state index contributed by atoms with van der Waals surface area (Å²) in [4.78, 5) is 0. The van der Waals surface area contributed by atoms with Crippen LogP contribution in [0.2, 0.25) is 0 Å². The average Bonchev–Trinajstić information content (AvgIpc) is 2.07. The highest BCUT2D eigenvalue weighted by molar-refractivity contribution is 5.38. The molecule has 0 saturated carbocycles. The summed E-state index contributed by atoms with van der Waals surface area (Å²) in [5.41, 5.74) is -0.501. The van der Waals surface area contributed by atoms with Crippen molar-refractivity contribution in [3.63, 3.8) is 0 Å². The zero-order valence-electron chi connectivity index (χ0n) is 7.36. The number of halogens is 4. The Kier molecular flexibility index (Phi) is 2.98. The van der Waals surface area contributed by atoms with Gasteiger partial charge in [-0.1, -0.05) is 11.6 Å². The molecule has 0 fully saturated rings. The van der Waals surface area contributed by atoms with Gasteiger partial charge in [0.25, 0.3) is 0 Å². The molecule has 1 aromatic carbocycles. The van der Waals surface area contributed by atoms with Gasteiger partial charge in [-0.2, -0.15) is 13.2 Å². The van der Waals surface area contributed by atoms with Crippen molar-refractivity contribution in [2.24, 2.45) is 0 Å². The molecule has 5 heteroatoms. The van der Waals surface area contributed by atoms with Gasteiger partial charge in [0, 0.05) is 0 Å². The van der Waals surface area contributed by atoms with E-state index in [-0.39, 0.29) is 0 Å². The predicted molar refractivity (Wildman–Crippen MR) is 42.8 cm³/mol. The second-order valence-electron chi connectivity index (χ2n) is 2.75. The summed E-state index contributed by atoms with van der Waals surface area (Å²) in [5, 5.41) is 0. The molecular weight excluding hydrogens is 200 g/mol. The minimum Gasteiger partial charge on any atom is -0.462 e. The number of hydrogen-bond acceptors (Lipinski definition) is 1. The standard InChI is InChI=1S/C9H8F4O/c1-6-2-3-8(14-5-10)7(4-6)9(11,12)13/h2-4H,5H2,1H3. The summed E-state index contributed by atoms with van der Waals surface area (Å²) in [6, 6.07) is 3.46. The van der Waals surface area contributed by atoms with Crippen molar-refractivity contribution < 1.29 is 22.3 Å². The number of aryl methyl sites for hydroxylation is 1. The van der Waals surface area contributed by atoms with Crippen LogP contribution in [-0.4, -0.2) is 6.86 Å². The van der Waals surface area contributed by atoms with E-state index in [0.29, 0.717) is 5.56 Å². The Hall–Kier alpha value is -1.26. The summed E-state index contributed by atoms with van der Waals surface area (Å²) in [6.07, 6.45) is -4.52. The molecule has 0 heterocycles. The first kappa shape index (κ1) is 10.8. The van der Waals surface area contributed by atoms with Gasteiger partial charge in [0.2, 0.25) is 6.86 Å². The molecule has 0 radical (unpaired) electrons. The monoisotopic (exact) mass is 208 g/mol. The molecule has 0 aromatic heterocycles. The normalized spacial score (nSPS) is 11.5. The topological polar surface area (TPSA) is 9.23 Å². The molecular formula is C9H8F4O. The highest BCUT2D eigenvalue weighted by Gasteiger charge is 2.34. The van der Waals surface area contributed by atoms with E-state index in [1.807, 2.05) is 0 Å². The lowest BCUT2D eigenvalue weighted by Crippen LogP contribution is -2.08. The number of ether oxygens (including phenoxy) is 1. The molecule has 0 bridgehead atoms. The first-order valence-electron chi connectivity index (χ1n) is 3.82. The van der Waals surface area contributed by atoms with Gasteiger partial charge in [-0.15, -0.1) is 0 Å². The van der Waals surface area contributed by atoms with Gasteiger partial charge in [0.05, 0.1) is 5.56 Å². The molecule has 1 rings (SSSR count). The second-order valence-corrected chi connectivity index (χ2v) is 2.75. The molecule has 0 atom stereocenters. The van der Waals surface area contributed by atoms with E-state index in [1.165, 1.54) is 13.0 Å². The summed E-state index contributed by atoms with van der Waals surface area (Å²) in [6.45, 7) is 0.251. The Labute approximate surface area is 78.3 Å². The van der Waals surface area contributed by atoms with Crippen LogP contribution in [-0.2, 0) is 6.18 Å². The fourth-order valence-corrected chi connectivity index (χ4v) is 1.05. The molecule has 0 spiro atoms. The highest BCUT2D eigenvalue weighted by atomic mass is 19.4. The molecule has 0 aliphatic rings. The van der Waals surface area contributed by atoms with Crippen molar-refractivity contribution in [2.45, 2.75) is 13.1 Å². The van der Waals surface area contributed by atoms with Gasteiger partial charge in [0.15, 0.2) is 0 Å². The van der Waals surface area contributed by atoms with E-state index in [9.17, 15) is 17.6 Å².